The molecule has 1 saturated heterocycles. The molecule has 0 unspecified atom stereocenters. The van der Waals surface area contributed by atoms with Crippen molar-refractivity contribution in [2.75, 3.05) is 26.3 Å². The van der Waals surface area contributed by atoms with Crippen LogP contribution in [0.1, 0.15) is 34.1 Å². The summed E-state index contributed by atoms with van der Waals surface area (Å²) in [5.41, 5.74) is -0.624. The normalized spacial score (nSPS) is 22.0. The fourth-order valence-corrected chi connectivity index (χ4v) is 1.83. The van der Waals surface area contributed by atoms with E-state index in [0.717, 1.165) is 26.3 Å². The molecule has 94 valence electrons. The summed E-state index contributed by atoms with van der Waals surface area (Å²) in [7, 11) is 0. The van der Waals surface area contributed by atoms with Crippen molar-refractivity contribution in [1.82, 2.24) is 4.90 Å². The minimum absolute atomic E-state index is 0.0207. The van der Waals surface area contributed by atoms with E-state index in [1.165, 1.54) is 0 Å². The van der Waals surface area contributed by atoms with Gasteiger partial charge >= 0.3 is 5.97 Å². The van der Waals surface area contributed by atoms with Gasteiger partial charge in [-0.2, -0.15) is 0 Å². The molecular weight excluding hydrogens is 206 g/mol. The molecule has 16 heavy (non-hydrogen) atoms. The van der Waals surface area contributed by atoms with Gasteiger partial charge in [-0.15, -0.1) is 0 Å². The topological polar surface area (TPSA) is 49.8 Å². The molecule has 1 heterocycles. The van der Waals surface area contributed by atoms with Gasteiger partial charge in [-0.25, -0.2) is 0 Å². The fraction of sp³-hybridized carbons (Fsp3) is 0.917. The summed E-state index contributed by atoms with van der Waals surface area (Å²) in [6, 6.07) is 0. The van der Waals surface area contributed by atoms with Crippen molar-refractivity contribution in [1.29, 1.82) is 0 Å². The zero-order valence-corrected chi connectivity index (χ0v) is 10.7. The van der Waals surface area contributed by atoms with Crippen molar-refractivity contribution in [3.63, 3.8) is 0 Å². The summed E-state index contributed by atoms with van der Waals surface area (Å²) >= 11 is 0. The summed E-state index contributed by atoms with van der Waals surface area (Å²) in [5, 5.41) is 9.06. The Morgan fingerprint density at radius 3 is 2.62 bits per heavy atom. The summed E-state index contributed by atoms with van der Waals surface area (Å²) < 4.78 is 5.44. The molecule has 0 aromatic rings. The summed E-state index contributed by atoms with van der Waals surface area (Å²) in [4.78, 5) is 13.3. The van der Waals surface area contributed by atoms with Crippen LogP contribution in [0.15, 0.2) is 0 Å². The van der Waals surface area contributed by atoms with Crippen molar-refractivity contribution in [2.45, 2.75) is 39.7 Å². The number of ether oxygens (including phenoxy) is 1. The number of carboxylic acids is 1. The maximum atomic E-state index is 11.0. The number of morpholine rings is 1. The smallest absolute Gasteiger partial charge is 0.309 e. The number of rotatable bonds is 4. The molecule has 0 spiro atoms. The van der Waals surface area contributed by atoms with Gasteiger partial charge in [-0.05, 0) is 40.7 Å². The van der Waals surface area contributed by atoms with E-state index in [-0.39, 0.29) is 5.54 Å². The number of carboxylic acid groups (broad SMARTS) is 1. The van der Waals surface area contributed by atoms with E-state index >= 15 is 0 Å². The van der Waals surface area contributed by atoms with Gasteiger partial charge in [0.2, 0.25) is 0 Å². The largest absolute Gasteiger partial charge is 0.481 e. The Labute approximate surface area is 97.6 Å². The molecule has 4 nitrogen and oxygen atoms in total. The van der Waals surface area contributed by atoms with Crippen molar-refractivity contribution in [2.24, 2.45) is 5.41 Å². The van der Waals surface area contributed by atoms with E-state index in [1.54, 1.807) is 13.8 Å². The first kappa shape index (κ1) is 13.5. The third-order valence-electron chi connectivity index (χ3n) is 3.40. The lowest BCUT2D eigenvalue weighted by Gasteiger charge is -2.43. The second kappa shape index (κ2) is 4.72. The van der Waals surface area contributed by atoms with Crippen LogP contribution in [0.25, 0.3) is 0 Å². The van der Waals surface area contributed by atoms with E-state index in [1.807, 2.05) is 0 Å². The third kappa shape index (κ3) is 3.19. The highest BCUT2D eigenvalue weighted by Crippen LogP contribution is 2.25. The zero-order valence-electron chi connectivity index (χ0n) is 10.7. The monoisotopic (exact) mass is 229 g/mol. The molecule has 1 N–H and O–H groups in total. The van der Waals surface area contributed by atoms with Crippen molar-refractivity contribution in [3.05, 3.63) is 0 Å². The second-order valence-electron chi connectivity index (χ2n) is 5.79. The predicted octanol–water partition coefficient (Wildman–Crippen LogP) is 1.60. The van der Waals surface area contributed by atoms with Crippen LogP contribution in [0.5, 0.6) is 0 Å². The van der Waals surface area contributed by atoms with E-state index in [9.17, 15) is 4.79 Å². The molecule has 0 aromatic heterocycles. The standard InChI is InChI=1S/C12H23NO3/c1-11(2,10(14)15)5-6-13-7-8-16-9-12(13,3)4/h5-9H2,1-4H3,(H,14,15). The molecule has 1 aliphatic rings. The van der Waals surface area contributed by atoms with Crippen LogP contribution in [-0.2, 0) is 9.53 Å². The van der Waals surface area contributed by atoms with Crippen LogP contribution in [0.2, 0.25) is 0 Å². The van der Waals surface area contributed by atoms with Crippen LogP contribution in [0.3, 0.4) is 0 Å². The number of carbonyl (C=O) groups is 1. The molecule has 0 aromatic carbocycles. The number of hydrogen-bond donors (Lipinski definition) is 1. The molecule has 0 saturated carbocycles. The Morgan fingerprint density at radius 2 is 2.12 bits per heavy atom. The van der Waals surface area contributed by atoms with Crippen molar-refractivity contribution < 1.29 is 14.6 Å². The minimum Gasteiger partial charge on any atom is -0.481 e. The maximum absolute atomic E-state index is 11.0. The van der Waals surface area contributed by atoms with E-state index in [0.29, 0.717) is 6.42 Å². The third-order valence-corrected chi connectivity index (χ3v) is 3.40. The van der Waals surface area contributed by atoms with E-state index < -0.39 is 11.4 Å². The number of nitrogens with zero attached hydrogens (tertiary/aromatic N) is 1. The number of aliphatic carboxylic acids is 1. The van der Waals surface area contributed by atoms with Gasteiger partial charge in [0, 0.05) is 12.1 Å². The second-order valence-corrected chi connectivity index (χ2v) is 5.79. The average Bonchev–Trinajstić information content (AvgIpc) is 2.15. The number of hydrogen-bond acceptors (Lipinski definition) is 3. The summed E-state index contributed by atoms with van der Waals surface area (Å²) in [5.74, 6) is -0.724. The van der Waals surface area contributed by atoms with Gasteiger partial charge in [-0.1, -0.05) is 0 Å². The highest BCUT2D eigenvalue weighted by atomic mass is 16.5. The van der Waals surface area contributed by atoms with E-state index in [2.05, 4.69) is 18.7 Å². The highest BCUT2D eigenvalue weighted by Gasteiger charge is 2.33. The fourth-order valence-electron chi connectivity index (χ4n) is 1.83. The molecule has 0 amide bonds. The molecule has 1 rings (SSSR count). The Hall–Kier alpha value is -0.610. The van der Waals surface area contributed by atoms with Crippen LogP contribution in [0, 0.1) is 5.41 Å². The van der Waals surface area contributed by atoms with Gasteiger partial charge in [-0.3, -0.25) is 9.69 Å². The molecule has 0 bridgehead atoms. The van der Waals surface area contributed by atoms with Gasteiger partial charge in [0.25, 0.3) is 0 Å². The molecule has 0 atom stereocenters. The van der Waals surface area contributed by atoms with Crippen LogP contribution < -0.4 is 0 Å². The van der Waals surface area contributed by atoms with Crippen molar-refractivity contribution in [3.8, 4) is 0 Å². The van der Waals surface area contributed by atoms with Gasteiger partial charge in [0.15, 0.2) is 0 Å². The molecule has 1 aliphatic heterocycles. The Bertz CT molecular complexity index is 261. The summed E-state index contributed by atoms with van der Waals surface area (Å²) in [6.45, 7) is 11.0. The van der Waals surface area contributed by atoms with Gasteiger partial charge in [0.05, 0.1) is 18.6 Å². The molecule has 0 aliphatic carbocycles. The van der Waals surface area contributed by atoms with Gasteiger partial charge in [0.1, 0.15) is 0 Å². The average molecular weight is 229 g/mol. The minimum atomic E-state index is -0.724. The Morgan fingerprint density at radius 1 is 1.50 bits per heavy atom. The zero-order chi connectivity index (χ0) is 12.4. The highest BCUT2D eigenvalue weighted by molar-refractivity contribution is 5.73. The Balaban J connectivity index is 2.51. The first-order valence-corrected chi connectivity index (χ1v) is 5.82. The lowest BCUT2D eigenvalue weighted by Crippen LogP contribution is -2.53. The molecular formula is C12H23NO3. The van der Waals surface area contributed by atoms with Crippen LogP contribution in [-0.4, -0.2) is 47.8 Å². The molecule has 1 fully saturated rings. The predicted molar refractivity (Wildman–Crippen MR) is 62.5 cm³/mol. The SMILES string of the molecule is CC(C)(CCN1CCOCC1(C)C)C(=O)O. The maximum Gasteiger partial charge on any atom is 0.309 e. The molecule has 4 heteroatoms. The van der Waals surface area contributed by atoms with E-state index in [4.69, 9.17) is 9.84 Å². The quantitative estimate of drug-likeness (QED) is 0.795. The Kier molecular flexibility index (Phi) is 3.97. The van der Waals surface area contributed by atoms with Crippen molar-refractivity contribution >= 4 is 5.97 Å². The van der Waals surface area contributed by atoms with Gasteiger partial charge < -0.3 is 9.84 Å². The lowest BCUT2D eigenvalue weighted by molar-refractivity contribution is -0.148. The van der Waals surface area contributed by atoms with Crippen LogP contribution >= 0.6 is 0 Å². The molecule has 0 radical (unpaired) electrons. The lowest BCUT2D eigenvalue weighted by atomic mass is 9.88. The first-order valence-electron chi connectivity index (χ1n) is 5.82. The summed E-state index contributed by atoms with van der Waals surface area (Å²) in [6.07, 6.45) is 0.672. The first-order chi connectivity index (χ1) is 7.26. The van der Waals surface area contributed by atoms with Crippen LogP contribution in [0.4, 0.5) is 0 Å².